The van der Waals surface area contributed by atoms with Crippen LogP contribution in [0.15, 0.2) is 70.3 Å². The lowest BCUT2D eigenvalue weighted by Crippen LogP contribution is -2.35. The third-order valence-electron chi connectivity index (χ3n) is 6.31. The first kappa shape index (κ1) is 28.9. The van der Waals surface area contributed by atoms with Crippen LogP contribution in [0, 0.1) is 29.8 Å². The largest absolute Gasteiger partial charge is 0.490 e. The number of aryl methyl sites for hydroxylation is 3. The van der Waals surface area contributed by atoms with Gasteiger partial charge in [0.2, 0.25) is 5.17 Å². The highest BCUT2D eigenvalue weighted by molar-refractivity contribution is 14.1. The molecule has 1 amide bonds. The monoisotopic (exact) mass is 680 g/mol. The van der Waals surface area contributed by atoms with Gasteiger partial charge in [-0.05, 0) is 97.4 Å². The van der Waals surface area contributed by atoms with E-state index < -0.39 is 5.91 Å². The van der Waals surface area contributed by atoms with Gasteiger partial charge in [-0.2, -0.15) is 15.1 Å². The number of carbonyl (C=O) groups excluding carboxylic acids is 1. The summed E-state index contributed by atoms with van der Waals surface area (Å²) in [5.41, 5.74) is 5.16. The summed E-state index contributed by atoms with van der Waals surface area (Å²) in [5.74, 6) is 1.48. The maximum atomic E-state index is 13.0. The van der Waals surface area contributed by atoms with E-state index in [-0.39, 0.29) is 11.4 Å². The van der Waals surface area contributed by atoms with Crippen LogP contribution in [-0.4, -0.2) is 46.8 Å². The van der Waals surface area contributed by atoms with Gasteiger partial charge in [-0.3, -0.25) is 10.2 Å². The SMILES string of the molecule is CCOc1cc(/C=C2/C(=N)N3N=C(c4ccc(C)cc4)SC3=NC2=O)cc(I)c1OCCOc1ccc(C)cc1C. The molecule has 2 aliphatic rings. The Bertz CT molecular complexity index is 1620. The van der Waals surface area contributed by atoms with Gasteiger partial charge < -0.3 is 14.2 Å². The molecular weight excluding hydrogens is 651 g/mol. The van der Waals surface area contributed by atoms with Gasteiger partial charge in [0.25, 0.3) is 5.91 Å². The van der Waals surface area contributed by atoms with E-state index in [0.717, 1.165) is 26.0 Å². The number of benzene rings is 3. The summed E-state index contributed by atoms with van der Waals surface area (Å²) >= 11 is 3.47. The van der Waals surface area contributed by atoms with Gasteiger partial charge in [0.15, 0.2) is 17.3 Å². The minimum atomic E-state index is -0.481. The Morgan fingerprint density at radius 1 is 0.951 bits per heavy atom. The molecule has 0 saturated carbocycles. The van der Waals surface area contributed by atoms with Crippen molar-refractivity contribution in [3.63, 3.8) is 0 Å². The quantitative estimate of drug-likeness (QED) is 0.153. The number of halogens is 1. The third kappa shape index (κ3) is 6.48. The zero-order valence-electron chi connectivity index (χ0n) is 23.2. The number of hydrogen-bond donors (Lipinski definition) is 1. The van der Waals surface area contributed by atoms with Gasteiger partial charge in [0.1, 0.15) is 24.0 Å². The highest BCUT2D eigenvalue weighted by atomic mass is 127. The minimum Gasteiger partial charge on any atom is -0.490 e. The second kappa shape index (κ2) is 12.5. The molecule has 41 heavy (non-hydrogen) atoms. The molecule has 0 bridgehead atoms. The van der Waals surface area contributed by atoms with Crippen LogP contribution in [0.2, 0.25) is 0 Å². The highest BCUT2D eigenvalue weighted by Crippen LogP contribution is 2.36. The molecule has 0 unspecified atom stereocenters. The first-order valence-corrected chi connectivity index (χ1v) is 15.0. The summed E-state index contributed by atoms with van der Waals surface area (Å²) in [6.07, 6.45) is 1.65. The maximum absolute atomic E-state index is 13.0. The van der Waals surface area contributed by atoms with Gasteiger partial charge in [-0.25, -0.2) is 0 Å². The number of hydrogen-bond acceptors (Lipinski definition) is 7. The van der Waals surface area contributed by atoms with E-state index in [9.17, 15) is 4.79 Å². The molecule has 0 saturated heterocycles. The third-order valence-corrected chi connectivity index (χ3v) is 8.07. The lowest BCUT2D eigenvalue weighted by Gasteiger charge is -2.20. The van der Waals surface area contributed by atoms with Gasteiger partial charge in [-0.1, -0.05) is 47.5 Å². The smallest absolute Gasteiger partial charge is 0.283 e. The predicted molar refractivity (Wildman–Crippen MR) is 173 cm³/mol. The van der Waals surface area contributed by atoms with Crippen molar-refractivity contribution in [1.82, 2.24) is 5.01 Å². The topological polar surface area (TPSA) is 96.6 Å². The molecule has 10 heteroatoms. The second-order valence-corrected chi connectivity index (χ2v) is 11.6. The van der Waals surface area contributed by atoms with Crippen LogP contribution in [0.4, 0.5) is 0 Å². The molecule has 5 rings (SSSR count). The molecule has 3 aromatic carbocycles. The van der Waals surface area contributed by atoms with E-state index in [1.807, 2.05) is 63.2 Å². The summed E-state index contributed by atoms with van der Waals surface area (Å²) in [7, 11) is 0. The number of aliphatic imine (C=N–C) groups is 1. The van der Waals surface area contributed by atoms with E-state index in [0.29, 0.717) is 47.1 Å². The number of carbonyl (C=O) groups is 1. The molecule has 0 fully saturated rings. The summed E-state index contributed by atoms with van der Waals surface area (Å²) in [6.45, 7) is 9.14. The van der Waals surface area contributed by atoms with E-state index in [1.165, 1.54) is 22.3 Å². The Hall–Kier alpha value is -3.64. The predicted octanol–water partition coefficient (Wildman–Crippen LogP) is 6.74. The molecule has 2 heterocycles. The number of ether oxygens (including phenoxy) is 3. The fraction of sp³-hybridized carbons (Fsp3) is 0.226. The molecular formula is C31H29IN4O4S. The summed E-state index contributed by atoms with van der Waals surface area (Å²) in [6, 6.07) is 17.7. The van der Waals surface area contributed by atoms with Crippen LogP contribution >= 0.6 is 34.4 Å². The fourth-order valence-corrected chi connectivity index (χ4v) is 5.98. The van der Waals surface area contributed by atoms with Crippen molar-refractivity contribution in [2.24, 2.45) is 10.1 Å². The van der Waals surface area contributed by atoms with E-state index >= 15 is 0 Å². The van der Waals surface area contributed by atoms with Crippen molar-refractivity contribution in [3.05, 3.63) is 91.6 Å². The summed E-state index contributed by atoms with van der Waals surface area (Å²) in [5, 5.41) is 15.8. The zero-order valence-corrected chi connectivity index (χ0v) is 26.1. The molecule has 8 nitrogen and oxygen atoms in total. The maximum Gasteiger partial charge on any atom is 0.283 e. The number of fused-ring (bicyclic) bond motifs is 1. The van der Waals surface area contributed by atoms with Gasteiger partial charge in [-0.15, -0.1) is 0 Å². The zero-order chi connectivity index (χ0) is 29.1. The highest BCUT2D eigenvalue weighted by Gasteiger charge is 2.36. The Morgan fingerprint density at radius 2 is 1.68 bits per heavy atom. The van der Waals surface area contributed by atoms with Crippen molar-refractivity contribution < 1.29 is 19.0 Å². The Balaban J connectivity index is 1.33. The molecule has 2 aliphatic heterocycles. The van der Waals surface area contributed by atoms with Crippen LogP contribution in [-0.2, 0) is 4.79 Å². The lowest BCUT2D eigenvalue weighted by molar-refractivity contribution is -0.114. The minimum absolute atomic E-state index is 0.0218. The molecule has 3 aromatic rings. The number of nitrogens with one attached hydrogen (secondary N) is 1. The molecule has 0 spiro atoms. The second-order valence-electron chi connectivity index (χ2n) is 9.52. The van der Waals surface area contributed by atoms with Crippen LogP contribution in [0.5, 0.6) is 17.2 Å². The Morgan fingerprint density at radius 3 is 2.41 bits per heavy atom. The van der Waals surface area contributed by atoms with E-state index in [4.69, 9.17) is 19.6 Å². The number of thioether (sulfide) groups is 1. The average Bonchev–Trinajstić information content (AvgIpc) is 3.36. The summed E-state index contributed by atoms with van der Waals surface area (Å²) in [4.78, 5) is 17.2. The first-order chi connectivity index (χ1) is 19.7. The Kier molecular flexibility index (Phi) is 8.79. The summed E-state index contributed by atoms with van der Waals surface area (Å²) < 4.78 is 18.7. The molecule has 0 aliphatic carbocycles. The van der Waals surface area contributed by atoms with Crippen LogP contribution in [0.1, 0.15) is 34.7 Å². The lowest BCUT2D eigenvalue weighted by atomic mass is 10.1. The van der Waals surface area contributed by atoms with E-state index in [1.54, 1.807) is 12.1 Å². The van der Waals surface area contributed by atoms with Gasteiger partial charge in [0, 0.05) is 5.56 Å². The van der Waals surface area contributed by atoms with Crippen molar-refractivity contribution in [3.8, 4) is 17.2 Å². The molecule has 0 atom stereocenters. The van der Waals surface area contributed by atoms with Crippen molar-refractivity contribution in [2.75, 3.05) is 19.8 Å². The number of hydrazone groups is 1. The standard InChI is InChI=1S/C31H29IN4O4S/c1-5-38-26-17-21(16-24(32)27(26)40-13-12-39-25-11-8-19(3)14-20(25)4)15-23-28(33)36-31(34-29(23)37)41-30(35-36)22-9-6-18(2)7-10-22/h6-11,14-17,33H,5,12-13H2,1-4H3/b23-15-,33-28?. The number of nitrogens with zero attached hydrogens (tertiary/aromatic N) is 3. The molecule has 210 valence electrons. The number of amides is 1. The molecule has 0 aromatic heterocycles. The molecule has 0 radical (unpaired) electrons. The first-order valence-electron chi connectivity index (χ1n) is 13.1. The Labute approximate surface area is 257 Å². The van der Waals surface area contributed by atoms with E-state index in [2.05, 4.69) is 45.7 Å². The number of rotatable bonds is 9. The normalized spacial score (nSPS) is 15.5. The van der Waals surface area contributed by atoms with Crippen LogP contribution < -0.4 is 14.2 Å². The van der Waals surface area contributed by atoms with Gasteiger partial charge in [0.05, 0.1) is 15.8 Å². The van der Waals surface area contributed by atoms with Crippen molar-refractivity contribution >= 4 is 62.4 Å². The number of amidine groups is 2. The van der Waals surface area contributed by atoms with Crippen LogP contribution in [0.25, 0.3) is 6.08 Å². The average molecular weight is 681 g/mol. The molecule has 1 N–H and O–H groups in total. The van der Waals surface area contributed by atoms with Crippen molar-refractivity contribution in [2.45, 2.75) is 27.7 Å². The van der Waals surface area contributed by atoms with Crippen LogP contribution in [0.3, 0.4) is 0 Å². The van der Waals surface area contributed by atoms with Gasteiger partial charge >= 0.3 is 0 Å². The van der Waals surface area contributed by atoms with Crippen molar-refractivity contribution in [1.29, 1.82) is 5.41 Å². The fourth-order valence-electron chi connectivity index (χ4n) is 4.30.